The number of aryl methyl sites for hydroxylation is 2. The number of hydrogen-bond acceptors (Lipinski definition) is 4. The molecule has 0 aliphatic rings. The second-order valence-corrected chi connectivity index (χ2v) is 6.88. The molecule has 2 aromatic rings. The molecule has 4 heteroatoms. The molecule has 0 aliphatic heterocycles. The fourth-order valence-corrected chi connectivity index (χ4v) is 3.52. The molecule has 2 rings (SSSR count). The van der Waals surface area contributed by atoms with E-state index in [2.05, 4.69) is 51.2 Å². The largest absolute Gasteiger partial charge is 0.486 e. The highest BCUT2D eigenvalue weighted by atomic mass is 32.1. The molecule has 0 fully saturated rings. The molecule has 21 heavy (non-hydrogen) atoms. The van der Waals surface area contributed by atoms with Crippen LogP contribution in [-0.4, -0.2) is 12.0 Å². The van der Waals surface area contributed by atoms with Crippen molar-refractivity contribution < 1.29 is 4.74 Å². The van der Waals surface area contributed by atoms with E-state index in [1.807, 2.05) is 7.05 Å². The number of aromatic nitrogens is 1. The van der Waals surface area contributed by atoms with Gasteiger partial charge in [-0.1, -0.05) is 19.9 Å². The maximum Gasteiger partial charge on any atom is 0.140 e. The van der Waals surface area contributed by atoms with Crippen LogP contribution in [0.4, 0.5) is 0 Å². The maximum absolute atomic E-state index is 5.91. The van der Waals surface area contributed by atoms with Crippen molar-refractivity contribution in [2.75, 3.05) is 7.05 Å². The zero-order valence-corrected chi connectivity index (χ0v) is 14.3. The van der Waals surface area contributed by atoms with Crippen molar-refractivity contribution in [2.24, 2.45) is 0 Å². The molecule has 1 aromatic heterocycles. The molecule has 0 bridgehead atoms. The van der Waals surface area contributed by atoms with Gasteiger partial charge in [0.2, 0.25) is 0 Å². The highest BCUT2D eigenvalue weighted by Crippen LogP contribution is 2.26. The summed E-state index contributed by atoms with van der Waals surface area (Å²) in [5.74, 6) is 1.36. The first kappa shape index (κ1) is 16.0. The van der Waals surface area contributed by atoms with Crippen molar-refractivity contribution in [1.29, 1.82) is 0 Å². The molecule has 0 aliphatic carbocycles. The Morgan fingerprint density at radius 1 is 1.19 bits per heavy atom. The molecule has 1 aromatic carbocycles. The normalized spacial score (nSPS) is 11.1. The molecule has 0 atom stereocenters. The van der Waals surface area contributed by atoms with E-state index in [0.29, 0.717) is 12.5 Å². The Morgan fingerprint density at radius 3 is 2.43 bits per heavy atom. The van der Waals surface area contributed by atoms with Crippen LogP contribution in [0.3, 0.4) is 0 Å². The molecular weight excluding hydrogens is 280 g/mol. The van der Waals surface area contributed by atoms with Gasteiger partial charge in [0.05, 0.1) is 5.69 Å². The maximum atomic E-state index is 5.91. The van der Waals surface area contributed by atoms with Gasteiger partial charge in [-0.25, -0.2) is 4.98 Å². The number of benzene rings is 1. The van der Waals surface area contributed by atoms with Crippen molar-refractivity contribution in [3.8, 4) is 5.75 Å². The minimum atomic E-state index is 0.444. The smallest absolute Gasteiger partial charge is 0.140 e. The first-order valence-corrected chi connectivity index (χ1v) is 8.15. The van der Waals surface area contributed by atoms with E-state index < -0.39 is 0 Å². The average molecular weight is 304 g/mol. The fourth-order valence-electron chi connectivity index (χ4n) is 2.38. The molecule has 0 saturated carbocycles. The average Bonchev–Trinajstić information content (AvgIpc) is 2.79. The van der Waals surface area contributed by atoms with E-state index in [9.17, 15) is 0 Å². The third kappa shape index (κ3) is 4.29. The SMILES string of the molecule is CNCc1sc(COc2cc(C)cc(C)c2)nc1C(C)C. The van der Waals surface area contributed by atoms with Gasteiger partial charge in [-0.3, -0.25) is 0 Å². The van der Waals surface area contributed by atoms with E-state index in [1.54, 1.807) is 11.3 Å². The summed E-state index contributed by atoms with van der Waals surface area (Å²) in [5, 5.41) is 4.26. The van der Waals surface area contributed by atoms with Gasteiger partial charge in [-0.05, 0) is 50.1 Å². The van der Waals surface area contributed by atoms with E-state index in [4.69, 9.17) is 9.72 Å². The summed E-state index contributed by atoms with van der Waals surface area (Å²) in [7, 11) is 1.97. The molecule has 0 saturated heterocycles. The lowest BCUT2D eigenvalue weighted by Crippen LogP contribution is -2.06. The molecule has 0 unspecified atom stereocenters. The van der Waals surface area contributed by atoms with Crippen LogP contribution in [0.2, 0.25) is 0 Å². The number of rotatable bonds is 6. The van der Waals surface area contributed by atoms with Crippen LogP contribution < -0.4 is 10.1 Å². The Morgan fingerprint density at radius 2 is 1.86 bits per heavy atom. The van der Waals surface area contributed by atoms with Crippen molar-refractivity contribution in [2.45, 2.75) is 46.8 Å². The molecule has 114 valence electrons. The highest BCUT2D eigenvalue weighted by molar-refractivity contribution is 7.11. The van der Waals surface area contributed by atoms with Crippen LogP contribution in [-0.2, 0) is 13.2 Å². The number of nitrogens with one attached hydrogen (secondary N) is 1. The molecular formula is C17H24N2OS. The Bertz CT molecular complexity index is 585. The second-order valence-electron chi connectivity index (χ2n) is 5.71. The minimum absolute atomic E-state index is 0.444. The predicted octanol–water partition coefficient (Wildman–Crippen LogP) is 4.18. The van der Waals surface area contributed by atoms with Crippen LogP contribution in [0.5, 0.6) is 5.75 Å². The number of nitrogens with zero attached hydrogens (tertiary/aromatic N) is 1. The van der Waals surface area contributed by atoms with Crippen LogP contribution in [0, 0.1) is 13.8 Å². The molecule has 1 N–H and O–H groups in total. The van der Waals surface area contributed by atoms with Gasteiger partial charge >= 0.3 is 0 Å². The van der Waals surface area contributed by atoms with Crippen molar-refractivity contribution in [1.82, 2.24) is 10.3 Å². The molecule has 1 heterocycles. The standard InChI is InChI=1S/C17H24N2OS/c1-11(2)17-15(9-18-5)21-16(19-17)10-20-14-7-12(3)6-13(4)8-14/h6-8,11,18H,9-10H2,1-5H3. The molecule has 0 spiro atoms. The highest BCUT2D eigenvalue weighted by Gasteiger charge is 2.14. The first-order valence-electron chi connectivity index (χ1n) is 7.33. The number of hydrogen-bond donors (Lipinski definition) is 1. The molecule has 0 radical (unpaired) electrons. The third-order valence-electron chi connectivity index (χ3n) is 3.21. The summed E-state index contributed by atoms with van der Waals surface area (Å²) in [5.41, 5.74) is 3.64. The number of ether oxygens (including phenoxy) is 1. The van der Waals surface area contributed by atoms with Gasteiger partial charge in [-0.2, -0.15) is 0 Å². The molecule has 3 nitrogen and oxygen atoms in total. The van der Waals surface area contributed by atoms with E-state index in [1.165, 1.54) is 21.7 Å². The fraction of sp³-hybridized carbons (Fsp3) is 0.471. The van der Waals surface area contributed by atoms with Gasteiger partial charge < -0.3 is 10.1 Å². The summed E-state index contributed by atoms with van der Waals surface area (Å²) in [6, 6.07) is 6.29. The first-order chi connectivity index (χ1) is 9.99. The van der Waals surface area contributed by atoms with Gasteiger partial charge in [-0.15, -0.1) is 11.3 Å². The lowest BCUT2D eigenvalue weighted by atomic mass is 10.1. The van der Waals surface area contributed by atoms with Gasteiger partial charge in [0.25, 0.3) is 0 Å². The Labute approximate surface area is 131 Å². The van der Waals surface area contributed by atoms with Crippen LogP contribution in [0.15, 0.2) is 18.2 Å². The zero-order valence-electron chi connectivity index (χ0n) is 13.5. The Hall–Kier alpha value is -1.39. The summed E-state index contributed by atoms with van der Waals surface area (Å²) in [6.07, 6.45) is 0. The zero-order chi connectivity index (χ0) is 15.4. The van der Waals surface area contributed by atoms with Crippen LogP contribution in [0.25, 0.3) is 0 Å². The van der Waals surface area contributed by atoms with Crippen molar-refractivity contribution in [3.05, 3.63) is 44.9 Å². The van der Waals surface area contributed by atoms with E-state index in [-0.39, 0.29) is 0 Å². The lowest BCUT2D eigenvalue weighted by molar-refractivity contribution is 0.305. The van der Waals surface area contributed by atoms with Gasteiger partial charge in [0.15, 0.2) is 0 Å². The van der Waals surface area contributed by atoms with Crippen molar-refractivity contribution in [3.63, 3.8) is 0 Å². The molecule has 0 amide bonds. The minimum Gasteiger partial charge on any atom is -0.486 e. The van der Waals surface area contributed by atoms with Gasteiger partial charge in [0.1, 0.15) is 17.4 Å². The summed E-state index contributed by atoms with van der Waals surface area (Å²) >= 11 is 1.74. The van der Waals surface area contributed by atoms with Crippen molar-refractivity contribution >= 4 is 11.3 Å². The predicted molar refractivity (Wildman–Crippen MR) is 89.2 cm³/mol. The Kier molecular flexibility index (Phi) is 5.37. The second kappa shape index (κ2) is 7.05. The summed E-state index contributed by atoms with van der Waals surface area (Å²) < 4.78 is 5.91. The summed E-state index contributed by atoms with van der Waals surface area (Å²) in [6.45, 7) is 9.95. The number of thiazole rings is 1. The third-order valence-corrected chi connectivity index (χ3v) is 4.26. The van der Waals surface area contributed by atoms with Crippen LogP contribution in [0.1, 0.15) is 46.5 Å². The summed E-state index contributed by atoms with van der Waals surface area (Å²) in [4.78, 5) is 6.05. The monoisotopic (exact) mass is 304 g/mol. The quantitative estimate of drug-likeness (QED) is 0.869. The van der Waals surface area contributed by atoms with E-state index in [0.717, 1.165) is 17.3 Å². The van der Waals surface area contributed by atoms with Crippen LogP contribution >= 0.6 is 11.3 Å². The lowest BCUT2D eigenvalue weighted by Gasteiger charge is -2.06. The Balaban J connectivity index is 2.10. The topological polar surface area (TPSA) is 34.1 Å². The van der Waals surface area contributed by atoms with Gasteiger partial charge in [0, 0.05) is 11.4 Å². The van der Waals surface area contributed by atoms with E-state index >= 15 is 0 Å².